The van der Waals surface area contributed by atoms with Crippen LogP contribution in [0.5, 0.6) is 0 Å². The fourth-order valence-electron chi connectivity index (χ4n) is 3.22. The van der Waals surface area contributed by atoms with Crippen molar-refractivity contribution in [3.05, 3.63) is 0 Å². The van der Waals surface area contributed by atoms with Gasteiger partial charge in [-0.05, 0) is 40.0 Å². The van der Waals surface area contributed by atoms with Crippen LogP contribution in [0.3, 0.4) is 0 Å². The molecule has 2 aliphatic rings. The van der Waals surface area contributed by atoms with Crippen LogP contribution in [0.4, 0.5) is 4.79 Å². The first-order chi connectivity index (χ1) is 8.38. The van der Waals surface area contributed by atoms with Crippen molar-refractivity contribution in [2.45, 2.75) is 64.5 Å². The van der Waals surface area contributed by atoms with E-state index in [1.54, 1.807) is 4.90 Å². The number of hydrogen-bond donors (Lipinski definition) is 0. The summed E-state index contributed by atoms with van der Waals surface area (Å²) < 4.78 is 5.43. The largest absolute Gasteiger partial charge is 0.444 e. The lowest BCUT2D eigenvalue weighted by Gasteiger charge is -2.38. The van der Waals surface area contributed by atoms with E-state index < -0.39 is 5.60 Å². The zero-order valence-electron chi connectivity index (χ0n) is 11.6. The molecule has 102 valence electrons. The van der Waals surface area contributed by atoms with E-state index in [0.717, 1.165) is 38.4 Å². The highest BCUT2D eigenvalue weighted by atomic mass is 16.6. The van der Waals surface area contributed by atoms with Crippen molar-refractivity contribution >= 4 is 12.4 Å². The maximum absolute atomic E-state index is 12.2. The van der Waals surface area contributed by atoms with Gasteiger partial charge in [-0.2, -0.15) is 0 Å². The number of carbonyl (C=O) groups is 2. The number of carbonyl (C=O) groups excluding carboxylic acids is 2. The van der Waals surface area contributed by atoms with Gasteiger partial charge in [0.2, 0.25) is 0 Å². The van der Waals surface area contributed by atoms with Gasteiger partial charge in [0.05, 0.1) is 0 Å². The van der Waals surface area contributed by atoms with Gasteiger partial charge in [0, 0.05) is 18.0 Å². The molecule has 0 N–H and O–H groups in total. The second-order valence-electron chi connectivity index (χ2n) is 6.54. The molecule has 0 radical (unpaired) electrons. The molecule has 4 nitrogen and oxygen atoms in total. The Bertz CT molecular complexity index is 347. The lowest BCUT2D eigenvalue weighted by Crippen LogP contribution is -2.47. The van der Waals surface area contributed by atoms with Gasteiger partial charge in [-0.1, -0.05) is 12.8 Å². The number of aldehydes is 1. The average Bonchev–Trinajstić information content (AvgIpc) is 2.66. The monoisotopic (exact) mass is 253 g/mol. The Kier molecular flexibility index (Phi) is 3.39. The smallest absolute Gasteiger partial charge is 0.410 e. The van der Waals surface area contributed by atoms with Crippen LogP contribution in [0.1, 0.15) is 52.9 Å². The standard InChI is InChI=1S/C14H23NO3/c1-13(2,3)18-12(17)15-9-8-14(10-16)7-5-4-6-11(14)15/h10-11H,4-9H2,1-3H3. The van der Waals surface area contributed by atoms with Crippen LogP contribution in [-0.4, -0.2) is 35.5 Å². The normalized spacial score (nSPS) is 31.9. The van der Waals surface area contributed by atoms with Crippen molar-refractivity contribution in [3.63, 3.8) is 0 Å². The minimum absolute atomic E-state index is 0.0543. The Morgan fingerprint density at radius 3 is 2.67 bits per heavy atom. The Labute approximate surface area is 109 Å². The Morgan fingerprint density at radius 1 is 1.33 bits per heavy atom. The van der Waals surface area contributed by atoms with Gasteiger partial charge in [0.25, 0.3) is 0 Å². The molecule has 1 amide bonds. The van der Waals surface area contributed by atoms with Gasteiger partial charge in [0.15, 0.2) is 0 Å². The molecule has 1 saturated heterocycles. The molecule has 1 aliphatic heterocycles. The first-order valence-corrected chi connectivity index (χ1v) is 6.84. The quantitative estimate of drug-likeness (QED) is 0.675. The molecule has 18 heavy (non-hydrogen) atoms. The zero-order valence-corrected chi connectivity index (χ0v) is 11.6. The van der Waals surface area contributed by atoms with Crippen molar-refractivity contribution in [3.8, 4) is 0 Å². The number of likely N-dealkylation sites (tertiary alicyclic amines) is 1. The third-order valence-electron chi connectivity index (χ3n) is 4.09. The summed E-state index contributed by atoms with van der Waals surface area (Å²) in [5.41, 5.74) is -0.771. The molecule has 2 rings (SSSR count). The van der Waals surface area contributed by atoms with Crippen molar-refractivity contribution in [2.24, 2.45) is 5.41 Å². The molecule has 0 aromatic carbocycles. The summed E-state index contributed by atoms with van der Waals surface area (Å²) in [5, 5.41) is 0. The van der Waals surface area contributed by atoms with Gasteiger partial charge < -0.3 is 14.4 Å². The van der Waals surface area contributed by atoms with E-state index in [-0.39, 0.29) is 17.6 Å². The van der Waals surface area contributed by atoms with Gasteiger partial charge in [-0.15, -0.1) is 0 Å². The van der Waals surface area contributed by atoms with Gasteiger partial charge >= 0.3 is 6.09 Å². The van der Waals surface area contributed by atoms with E-state index in [0.29, 0.717) is 6.54 Å². The second-order valence-corrected chi connectivity index (χ2v) is 6.54. The average molecular weight is 253 g/mol. The molecule has 2 unspecified atom stereocenters. The Morgan fingerprint density at radius 2 is 2.06 bits per heavy atom. The Hall–Kier alpha value is -1.06. The number of nitrogens with zero attached hydrogens (tertiary/aromatic N) is 1. The molecule has 1 saturated carbocycles. The van der Waals surface area contributed by atoms with Crippen LogP contribution >= 0.6 is 0 Å². The SMILES string of the molecule is CC(C)(C)OC(=O)N1CCC2(C=O)CCCCC12. The molecular formula is C14H23NO3. The maximum atomic E-state index is 12.2. The number of hydrogen-bond acceptors (Lipinski definition) is 3. The lowest BCUT2D eigenvalue weighted by atomic mass is 9.71. The van der Waals surface area contributed by atoms with E-state index in [4.69, 9.17) is 4.74 Å². The molecule has 1 heterocycles. The van der Waals surface area contributed by atoms with Crippen molar-refractivity contribution < 1.29 is 14.3 Å². The molecule has 2 fully saturated rings. The van der Waals surface area contributed by atoms with Crippen LogP contribution in [0.2, 0.25) is 0 Å². The molecule has 0 aromatic heterocycles. The number of rotatable bonds is 1. The van der Waals surface area contributed by atoms with Crippen LogP contribution in [0.25, 0.3) is 0 Å². The van der Waals surface area contributed by atoms with E-state index >= 15 is 0 Å². The highest BCUT2D eigenvalue weighted by Crippen LogP contribution is 2.45. The molecule has 4 heteroatoms. The van der Waals surface area contributed by atoms with Crippen LogP contribution < -0.4 is 0 Å². The van der Waals surface area contributed by atoms with Crippen LogP contribution in [-0.2, 0) is 9.53 Å². The molecule has 1 aliphatic carbocycles. The van der Waals surface area contributed by atoms with E-state index in [1.165, 1.54) is 0 Å². The minimum atomic E-state index is -0.474. The number of ether oxygens (including phenoxy) is 1. The number of amides is 1. The fourth-order valence-corrected chi connectivity index (χ4v) is 3.22. The zero-order chi connectivity index (χ0) is 13.4. The first kappa shape index (κ1) is 13.4. The summed E-state index contributed by atoms with van der Waals surface area (Å²) in [6.07, 6.45) is 5.65. The predicted octanol–water partition coefficient (Wildman–Crippen LogP) is 2.76. The second kappa shape index (κ2) is 4.56. The van der Waals surface area contributed by atoms with Gasteiger partial charge in [-0.3, -0.25) is 0 Å². The third kappa shape index (κ3) is 2.38. The van der Waals surface area contributed by atoms with Gasteiger partial charge in [0.1, 0.15) is 11.9 Å². The van der Waals surface area contributed by atoms with Crippen LogP contribution in [0.15, 0.2) is 0 Å². The Balaban J connectivity index is 2.11. The summed E-state index contributed by atoms with van der Waals surface area (Å²) in [6, 6.07) is 0.0543. The van der Waals surface area contributed by atoms with Crippen molar-refractivity contribution in [2.75, 3.05) is 6.54 Å². The van der Waals surface area contributed by atoms with Crippen molar-refractivity contribution in [1.82, 2.24) is 4.90 Å². The summed E-state index contributed by atoms with van der Waals surface area (Å²) in [4.78, 5) is 25.4. The van der Waals surface area contributed by atoms with E-state index in [9.17, 15) is 9.59 Å². The summed E-state index contributed by atoms with van der Waals surface area (Å²) >= 11 is 0. The summed E-state index contributed by atoms with van der Waals surface area (Å²) in [5.74, 6) is 0. The number of fused-ring (bicyclic) bond motifs is 1. The summed E-state index contributed by atoms with van der Waals surface area (Å²) in [7, 11) is 0. The molecule has 0 bridgehead atoms. The molecule has 0 aromatic rings. The molecule has 0 spiro atoms. The first-order valence-electron chi connectivity index (χ1n) is 6.84. The lowest BCUT2D eigenvalue weighted by molar-refractivity contribution is -0.119. The minimum Gasteiger partial charge on any atom is -0.444 e. The van der Waals surface area contributed by atoms with E-state index in [1.807, 2.05) is 20.8 Å². The van der Waals surface area contributed by atoms with E-state index in [2.05, 4.69) is 0 Å². The maximum Gasteiger partial charge on any atom is 0.410 e. The highest BCUT2D eigenvalue weighted by Gasteiger charge is 2.50. The molecule has 2 atom stereocenters. The predicted molar refractivity (Wildman–Crippen MR) is 68.3 cm³/mol. The van der Waals surface area contributed by atoms with Gasteiger partial charge in [-0.25, -0.2) is 4.79 Å². The fraction of sp³-hybridized carbons (Fsp3) is 0.857. The third-order valence-corrected chi connectivity index (χ3v) is 4.09. The molecular weight excluding hydrogens is 230 g/mol. The van der Waals surface area contributed by atoms with Crippen LogP contribution in [0, 0.1) is 5.41 Å². The highest BCUT2D eigenvalue weighted by molar-refractivity contribution is 5.72. The topological polar surface area (TPSA) is 46.6 Å². The van der Waals surface area contributed by atoms with Crippen molar-refractivity contribution in [1.29, 1.82) is 0 Å². The summed E-state index contributed by atoms with van der Waals surface area (Å²) in [6.45, 7) is 6.26.